The monoisotopic (exact) mass is 459 g/mol. The maximum Gasteiger partial charge on any atom is 0.193 e. The van der Waals surface area contributed by atoms with Crippen molar-refractivity contribution in [1.82, 2.24) is 20.0 Å². The molecule has 0 spiro atoms. The fraction of sp³-hybridized carbons (Fsp3) is 0.412. The number of benzene rings is 1. The molecule has 1 aromatic heterocycles. The van der Waals surface area contributed by atoms with E-state index in [1.54, 1.807) is 0 Å². The van der Waals surface area contributed by atoms with Crippen LogP contribution in [0.4, 0.5) is 0 Å². The Labute approximate surface area is 165 Å². The molecule has 5 nitrogen and oxygen atoms in total. The molecule has 24 heavy (non-hydrogen) atoms. The van der Waals surface area contributed by atoms with Crippen molar-refractivity contribution in [3.05, 3.63) is 48.3 Å². The predicted octanol–water partition coefficient (Wildman–Crippen LogP) is 3.25. The lowest BCUT2D eigenvalue weighted by molar-refractivity contribution is 0.477. The van der Waals surface area contributed by atoms with Gasteiger partial charge in [-0.25, -0.2) is 4.68 Å². The fourth-order valence-corrected chi connectivity index (χ4v) is 2.75. The molecule has 0 radical (unpaired) electrons. The lowest BCUT2D eigenvalue weighted by Gasteiger charge is -2.21. The standard InChI is InChI=1S/C17H25N5S.HI/c1-18-17(19-10-7-11-23-3)21(2)13-15-12-20-22(14-15)16-8-5-4-6-9-16;/h4-6,8-9,12,14H,7,10-11,13H2,1-3H3,(H,18,19);1H. The van der Waals surface area contributed by atoms with Crippen molar-refractivity contribution < 1.29 is 0 Å². The SMILES string of the molecule is CN=C(NCCCSC)N(C)Cc1cnn(-c2ccccc2)c1.I. The summed E-state index contributed by atoms with van der Waals surface area (Å²) in [5.41, 5.74) is 2.23. The van der Waals surface area contributed by atoms with Crippen molar-refractivity contribution in [2.45, 2.75) is 13.0 Å². The Morgan fingerprint density at radius 2 is 2.08 bits per heavy atom. The predicted molar refractivity (Wildman–Crippen MR) is 115 cm³/mol. The molecule has 7 heteroatoms. The molecule has 0 bridgehead atoms. The van der Waals surface area contributed by atoms with E-state index in [9.17, 15) is 0 Å². The molecular formula is C17H26IN5S. The molecule has 1 heterocycles. The highest BCUT2D eigenvalue weighted by Gasteiger charge is 2.08. The summed E-state index contributed by atoms with van der Waals surface area (Å²) in [7, 11) is 3.87. The van der Waals surface area contributed by atoms with E-state index in [-0.39, 0.29) is 24.0 Å². The van der Waals surface area contributed by atoms with Crippen LogP contribution in [-0.2, 0) is 6.54 Å². The van der Waals surface area contributed by atoms with Gasteiger partial charge in [0.2, 0.25) is 0 Å². The molecule has 1 N–H and O–H groups in total. The second-order valence-corrected chi connectivity index (χ2v) is 6.29. The van der Waals surface area contributed by atoms with E-state index in [0.29, 0.717) is 0 Å². The van der Waals surface area contributed by atoms with Gasteiger partial charge < -0.3 is 10.2 Å². The number of guanidine groups is 1. The van der Waals surface area contributed by atoms with Crippen molar-refractivity contribution in [2.75, 3.05) is 32.6 Å². The summed E-state index contributed by atoms with van der Waals surface area (Å²) >= 11 is 1.87. The van der Waals surface area contributed by atoms with Crippen molar-refractivity contribution in [1.29, 1.82) is 0 Å². The Hall–Kier alpha value is -1.22. The molecule has 132 valence electrons. The quantitative estimate of drug-likeness (QED) is 0.299. The van der Waals surface area contributed by atoms with Gasteiger partial charge in [0.15, 0.2) is 5.96 Å². The van der Waals surface area contributed by atoms with Crippen LogP contribution in [0.5, 0.6) is 0 Å². The average molecular weight is 459 g/mol. The minimum atomic E-state index is 0. The first kappa shape index (κ1) is 20.8. The van der Waals surface area contributed by atoms with Crippen LogP contribution >= 0.6 is 35.7 Å². The lowest BCUT2D eigenvalue weighted by Crippen LogP contribution is -2.38. The number of para-hydroxylation sites is 1. The molecule has 1 aromatic carbocycles. The number of rotatable bonds is 7. The van der Waals surface area contributed by atoms with E-state index < -0.39 is 0 Å². The van der Waals surface area contributed by atoms with E-state index in [2.05, 4.69) is 32.8 Å². The van der Waals surface area contributed by atoms with Gasteiger partial charge in [0.25, 0.3) is 0 Å². The summed E-state index contributed by atoms with van der Waals surface area (Å²) in [6.45, 7) is 1.72. The van der Waals surface area contributed by atoms with Gasteiger partial charge in [-0.2, -0.15) is 16.9 Å². The molecule has 0 aliphatic carbocycles. The van der Waals surface area contributed by atoms with Gasteiger partial charge >= 0.3 is 0 Å². The number of nitrogens with zero attached hydrogens (tertiary/aromatic N) is 4. The Morgan fingerprint density at radius 3 is 2.75 bits per heavy atom. The van der Waals surface area contributed by atoms with Gasteiger partial charge in [-0.15, -0.1) is 24.0 Å². The molecule has 2 aromatic rings. The smallest absolute Gasteiger partial charge is 0.193 e. The number of hydrogen-bond acceptors (Lipinski definition) is 3. The zero-order valence-corrected chi connectivity index (χ0v) is 17.6. The Kier molecular flexibility index (Phi) is 9.85. The Bertz CT molecular complexity index is 614. The maximum atomic E-state index is 4.44. The third-order valence-corrected chi connectivity index (χ3v) is 4.16. The van der Waals surface area contributed by atoms with Gasteiger partial charge in [-0.1, -0.05) is 18.2 Å². The average Bonchev–Trinajstić information content (AvgIpc) is 3.04. The number of aromatic nitrogens is 2. The maximum absolute atomic E-state index is 4.44. The first-order valence-corrected chi connectivity index (χ1v) is 9.13. The van der Waals surface area contributed by atoms with E-state index in [1.807, 2.05) is 67.1 Å². The first-order valence-electron chi connectivity index (χ1n) is 7.74. The number of halogens is 1. The van der Waals surface area contributed by atoms with Crippen LogP contribution in [0.2, 0.25) is 0 Å². The van der Waals surface area contributed by atoms with Crippen molar-refractivity contribution in [3.63, 3.8) is 0 Å². The highest BCUT2D eigenvalue weighted by Crippen LogP contribution is 2.09. The van der Waals surface area contributed by atoms with Crippen LogP contribution in [0, 0.1) is 0 Å². The highest BCUT2D eigenvalue weighted by atomic mass is 127. The van der Waals surface area contributed by atoms with Crippen LogP contribution < -0.4 is 5.32 Å². The van der Waals surface area contributed by atoms with Crippen LogP contribution in [0.1, 0.15) is 12.0 Å². The highest BCUT2D eigenvalue weighted by molar-refractivity contribution is 14.0. The molecule has 2 rings (SSSR count). The van der Waals surface area contributed by atoms with Gasteiger partial charge in [-0.05, 0) is 30.6 Å². The molecule has 0 saturated heterocycles. The van der Waals surface area contributed by atoms with E-state index >= 15 is 0 Å². The molecule has 0 saturated carbocycles. The number of hydrogen-bond donors (Lipinski definition) is 1. The molecule has 0 aliphatic rings. The summed E-state index contributed by atoms with van der Waals surface area (Å²) < 4.78 is 1.90. The van der Waals surface area contributed by atoms with Crippen LogP contribution in [0.3, 0.4) is 0 Å². The normalized spacial score (nSPS) is 11.0. The molecule has 0 aliphatic heterocycles. The van der Waals surface area contributed by atoms with Crippen LogP contribution in [0.15, 0.2) is 47.7 Å². The summed E-state index contributed by atoms with van der Waals surface area (Å²) in [5.74, 6) is 2.08. The first-order chi connectivity index (χ1) is 11.2. The molecule has 0 unspecified atom stereocenters. The van der Waals surface area contributed by atoms with Gasteiger partial charge in [0.1, 0.15) is 0 Å². The minimum Gasteiger partial charge on any atom is -0.356 e. The molecule has 0 amide bonds. The minimum absolute atomic E-state index is 0. The van der Waals surface area contributed by atoms with E-state index in [4.69, 9.17) is 0 Å². The number of aliphatic imine (C=N–C) groups is 1. The summed E-state index contributed by atoms with van der Waals surface area (Å²) in [6.07, 6.45) is 7.24. The van der Waals surface area contributed by atoms with Gasteiger partial charge in [-0.3, -0.25) is 4.99 Å². The van der Waals surface area contributed by atoms with Crippen LogP contribution in [-0.4, -0.2) is 53.3 Å². The lowest BCUT2D eigenvalue weighted by atomic mass is 10.3. The van der Waals surface area contributed by atoms with Crippen molar-refractivity contribution >= 4 is 41.7 Å². The zero-order chi connectivity index (χ0) is 16.5. The molecule has 0 fully saturated rings. The Morgan fingerprint density at radius 1 is 1.33 bits per heavy atom. The third-order valence-electron chi connectivity index (χ3n) is 3.46. The molecular weight excluding hydrogens is 433 g/mol. The fourth-order valence-electron chi connectivity index (χ4n) is 2.31. The van der Waals surface area contributed by atoms with Crippen molar-refractivity contribution in [2.24, 2.45) is 4.99 Å². The number of thioether (sulfide) groups is 1. The topological polar surface area (TPSA) is 45.5 Å². The van der Waals surface area contributed by atoms with E-state index in [0.717, 1.165) is 42.5 Å². The van der Waals surface area contributed by atoms with E-state index in [1.165, 1.54) is 0 Å². The van der Waals surface area contributed by atoms with Crippen molar-refractivity contribution in [3.8, 4) is 5.69 Å². The largest absolute Gasteiger partial charge is 0.356 e. The molecule has 0 atom stereocenters. The Balaban J connectivity index is 0.00000288. The summed E-state index contributed by atoms with van der Waals surface area (Å²) in [4.78, 5) is 6.46. The third kappa shape index (κ3) is 6.35. The number of nitrogens with one attached hydrogen (secondary N) is 1. The van der Waals surface area contributed by atoms with Gasteiger partial charge in [0.05, 0.1) is 11.9 Å². The van der Waals surface area contributed by atoms with Crippen LogP contribution in [0.25, 0.3) is 5.69 Å². The summed E-state index contributed by atoms with van der Waals surface area (Å²) in [6, 6.07) is 10.1. The van der Waals surface area contributed by atoms with Gasteiger partial charge in [0, 0.05) is 38.9 Å². The second-order valence-electron chi connectivity index (χ2n) is 5.31. The summed E-state index contributed by atoms with van der Waals surface area (Å²) in [5, 5.41) is 7.84. The zero-order valence-electron chi connectivity index (χ0n) is 14.5. The second kappa shape index (κ2) is 11.4.